The van der Waals surface area contributed by atoms with Gasteiger partial charge in [-0.2, -0.15) is 0 Å². The summed E-state index contributed by atoms with van der Waals surface area (Å²) in [6, 6.07) is 14.2. The van der Waals surface area contributed by atoms with Crippen LogP contribution >= 0.6 is 11.6 Å². The van der Waals surface area contributed by atoms with E-state index in [0.717, 1.165) is 33.0 Å². The molecule has 0 saturated heterocycles. The highest BCUT2D eigenvalue weighted by Gasteiger charge is 2.07. The third-order valence-electron chi connectivity index (χ3n) is 3.55. The van der Waals surface area contributed by atoms with Gasteiger partial charge in [0.25, 0.3) is 0 Å². The van der Waals surface area contributed by atoms with E-state index in [4.69, 9.17) is 11.6 Å². The molecule has 0 bridgehead atoms. The second kappa shape index (κ2) is 5.38. The van der Waals surface area contributed by atoms with Gasteiger partial charge >= 0.3 is 0 Å². The van der Waals surface area contributed by atoms with Crippen molar-refractivity contribution < 1.29 is 0 Å². The van der Waals surface area contributed by atoms with Gasteiger partial charge in [0.15, 0.2) is 0 Å². The van der Waals surface area contributed by atoms with Crippen LogP contribution < -0.4 is 5.32 Å². The SMILES string of the molecule is Cc1ccc(Nc2cc(C)nc3ccc(Cl)cc23)c(C)c1. The molecule has 1 aromatic heterocycles. The molecule has 106 valence electrons. The number of anilines is 2. The number of rotatable bonds is 2. The van der Waals surface area contributed by atoms with E-state index in [0.29, 0.717) is 0 Å². The maximum Gasteiger partial charge on any atom is 0.0727 e. The van der Waals surface area contributed by atoms with Crippen molar-refractivity contribution >= 4 is 33.9 Å². The first kappa shape index (κ1) is 13.9. The van der Waals surface area contributed by atoms with Gasteiger partial charge in [-0.05, 0) is 56.7 Å². The van der Waals surface area contributed by atoms with Crippen LogP contribution in [0.25, 0.3) is 10.9 Å². The minimum atomic E-state index is 0.719. The fourth-order valence-electron chi connectivity index (χ4n) is 2.53. The van der Waals surface area contributed by atoms with E-state index in [1.165, 1.54) is 11.1 Å². The molecule has 3 aromatic rings. The standard InChI is InChI=1S/C18H17ClN2/c1-11-4-6-16(12(2)8-11)21-18-9-13(3)20-17-7-5-14(19)10-15(17)18/h4-10H,1-3H3,(H,20,21). The molecular formula is C18H17ClN2. The molecule has 0 aliphatic heterocycles. The Morgan fingerprint density at radius 2 is 1.71 bits per heavy atom. The van der Waals surface area contributed by atoms with Gasteiger partial charge in [-0.25, -0.2) is 0 Å². The molecule has 0 fully saturated rings. The van der Waals surface area contributed by atoms with Crippen LogP contribution in [0.4, 0.5) is 11.4 Å². The normalized spacial score (nSPS) is 10.9. The predicted molar refractivity (Wildman–Crippen MR) is 90.7 cm³/mol. The maximum absolute atomic E-state index is 6.13. The predicted octanol–water partition coefficient (Wildman–Crippen LogP) is 5.56. The molecule has 2 aromatic carbocycles. The number of hydrogen-bond acceptors (Lipinski definition) is 2. The molecule has 1 heterocycles. The minimum absolute atomic E-state index is 0.719. The molecular weight excluding hydrogens is 280 g/mol. The van der Waals surface area contributed by atoms with Gasteiger partial charge in [-0.3, -0.25) is 4.98 Å². The van der Waals surface area contributed by atoms with Crippen LogP contribution in [0.1, 0.15) is 16.8 Å². The number of fused-ring (bicyclic) bond motifs is 1. The summed E-state index contributed by atoms with van der Waals surface area (Å²) in [5, 5.41) is 5.27. The number of halogens is 1. The molecule has 0 radical (unpaired) electrons. The van der Waals surface area contributed by atoms with E-state index in [1.54, 1.807) is 0 Å². The highest BCUT2D eigenvalue weighted by Crippen LogP contribution is 2.30. The average molecular weight is 297 g/mol. The van der Waals surface area contributed by atoms with Crippen molar-refractivity contribution in [1.29, 1.82) is 0 Å². The highest BCUT2D eigenvalue weighted by atomic mass is 35.5. The third-order valence-corrected chi connectivity index (χ3v) is 3.79. The molecule has 0 unspecified atom stereocenters. The van der Waals surface area contributed by atoms with E-state index >= 15 is 0 Å². The lowest BCUT2D eigenvalue weighted by Gasteiger charge is -2.13. The van der Waals surface area contributed by atoms with Crippen LogP contribution in [0.3, 0.4) is 0 Å². The lowest BCUT2D eigenvalue weighted by Crippen LogP contribution is -1.97. The maximum atomic E-state index is 6.13. The second-order valence-electron chi connectivity index (χ2n) is 5.42. The smallest absolute Gasteiger partial charge is 0.0727 e. The van der Waals surface area contributed by atoms with E-state index in [2.05, 4.69) is 48.4 Å². The summed E-state index contributed by atoms with van der Waals surface area (Å²) in [4.78, 5) is 4.56. The quantitative estimate of drug-likeness (QED) is 0.670. The van der Waals surface area contributed by atoms with Gasteiger partial charge in [0.2, 0.25) is 0 Å². The lowest BCUT2D eigenvalue weighted by atomic mass is 10.1. The first-order chi connectivity index (χ1) is 10.0. The summed E-state index contributed by atoms with van der Waals surface area (Å²) in [6.45, 7) is 6.21. The molecule has 0 spiro atoms. The Kier molecular flexibility index (Phi) is 3.56. The molecule has 3 rings (SSSR count). The lowest BCUT2D eigenvalue weighted by molar-refractivity contribution is 1.25. The number of benzene rings is 2. The first-order valence-electron chi connectivity index (χ1n) is 6.94. The Labute approximate surface area is 129 Å². The van der Waals surface area contributed by atoms with E-state index in [9.17, 15) is 0 Å². The Balaban J connectivity index is 2.13. The number of nitrogens with zero attached hydrogens (tertiary/aromatic N) is 1. The Hall–Kier alpha value is -2.06. The van der Waals surface area contributed by atoms with Gasteiger partial charge in [0, 0.05) is 27.5 Å². The minimum Gasteiger partial charge on any atom is -0.355 e. The summed E-state index contributed by atoms with van der Waals surface area (Å²) in [7, 11) is 0. The summed E-state index contributed by atoms with van der Waals surface area (Å²) in [5.74, 6) is 0. The molecule has 1 N–H and O–H groups in total. The Morgan fingerprint density at radius 3 is 2.48 bits per heavy atom. The summed E-state index contributed by atoms with van der Waals surface area (Å²) in [5.41, 5.74) is 6.56. The molecule has 0 atom stereocenters. The molecule has 2 nitrogen and oxygen atoms in total. The van der Waals surface area contributed by atoms with Crippen molar-refractivity contribution in [3.05, 3.63) is 64.3 Å². The van der Waals surface area contributed by atoms with Crippen LogP contribution in [-0.4, -0.2) is 4.98 Å². The van der Waals surface area contributed by atoms with Crippen molar-refractivity contribution in [2.24, 2.45) is 0 Å². The highest BCUT2D eigenvalue weighted by molar-refractivity contribution is 6.31. The molecule has 0 aliphatic rings. The zero-order valence-corrected chi connectivity index (χ0v) is 13.1. The first-order valence-corrected chi connectivity index (χ1v) is 7.32. The summed E-state index contributed by atoms with van der Waals surface area (Å²) < 4.78 is 0. The Morgan fingerprint density at radius 1 is 0.905 bits per heavy atom. The van der Waals surface area contributed by atoms with Crippen molar-refractivity contribution in [3.63, 3.8) is 0 Å². The van der Waals surface area contributed by atoms with Crippen LogP contribution in [0.2, 0.25) is 5.02 Å². The van der Waals surface area contributed by atoms with E-state index in [-0.39, 0.29) is 0 Å². The molecule has 0 saturated carbocycles. The zero-order valence-electron chi connectivity index (χ0n) is 12.4. The monoisotopic (exact) mass is 296 g/mol. The van der Waals surface area contributed by atoms with Crippen LogP contribution in [0.15, 0.2) is 42.5 Å². The number of nitrogens with one attached hydrogen (secondary N) is 1. The number of hydrogen-bond donors (Lipinski definition) is 1. The van der Waals surface area contributed by atoms with Crippen molar-refractivity contribution in [2.45, 2.75) is 20.8 Å². The number of pyridine rings is 1. The van der Waals surface area contributed by atoms with Crippen molar-refractivity contribution in [3.8, 4) is 0 Å². The van der Waals surface area contributed by atoms with Crippen LogP contribution in [-0.2, 0) is 0 Å². The van der Waals surface area contributed by atoms with Crippen LogP contribution in [0.5, 0.6) is 0 Å². The fourth-order valence-corrected chi connectivity index (χ4v) is 2.70. The topological polar surface area (TPSA) is 24.9 Å². The summed E-state index contributed by atoms with van der Waals surface area (Å²) in [6.07, 6.45) is 0. The van der Waals surface area contributed by atoms with E-state index in [1.807, 2.05) is 25.1 Å². The van der Waals surface area contributed by atoms with Gasteiger partial charge in [0.05, 0.1) is 5.52 Å². The number of aromatic nitrogens is 1. The van der Waals surface area contributed by atoms with Gasteiger partial charge < -0.3 is 5.32 Å². The van der Waals surface area contributed by atoms with Gasteiger partial charge in [-0.15, -0.1) is 0 Å². The average Bonchev–Trinajstić information content (AvgIpc) is 2.42. The van der Waals surface area contributed by atoms with Crippen LogP contribution in [0, 0.1) is 20.8 Å². The second-order valence-corrected chi connectivity index (χ2v) is 5.85. The Bertz CT molecular complexity index is 825. The summed E-state index contributed by atoms with van der Waals surface area (Å²) >= 11 is 6.13. The molecule has 3 heteroatoms. The van der Waals surface area contributed by atoms with Crippen molar-refractivity contribution in [1.82, 2.24) is 4.98 Å². The molecule has 0 aliphatic carbocycles. The zero-order chi connectivity index (χ0) is 15.0. The van der Waals surface area contributed by atoms with Crippen molar-refractivity contribution in [2.75, 3.05) is 5.32 Å². The number of aryl methyl sites for hydroxylation is 3. The van der Waals surface area contributed by atoms with E-state index < -0.39 is 0 Å². The third kappa shape index (κ3) is 2.86. The fraction of sp³-hybridized carbons (Fsp3) is 0.167. The van der Waals surface area contributed by atoms with Gasteiger partial charge in [0.1, 0.15) is 0 Å². The largest absolute Gasteiger partial charge is 0.355 e. The van der Waals surface area contributed by atoms with Gasteiger partial charge in [-0.1, -0.05) is 29.3 Å². The molecule has 21 heavy (non-hydrogen) atoms. The molecule has 0 amide bonds.